The summed E-state index contributed by atoms with van der Waals surface area (Å²) in [6, 6.07) is 7.64. The van der Waals surface area contributed by atoms with Gasteiger partial charge < -0.3 is 14.6 Å². The van der Waals surface area contributed by atoms with E-state index in [1.165, 1.54) is 12.8 Å². The number of likely N-dealkylation sites (tertiary alicyclic amines) is 1. The number of benzene rings is 1. The van der Waals surface area contributed by atoms with Gasteiger partial charge in [0.05, 0.1) is 25.4 Å². The van der Waals surface area contributed by atoms with Gasteiger partial charge in [0.15, 0.2) is 0 Å². The third-order valence-corrected chi connectivity index (χ3v) is 4.05. The number of rotatable bonds is 4. The van der Waals surface area contributed by atoms with E-state index in [2.05, 4.69) is 4.90 Å². The molecule has 0 radical (unpaired) electrons. The molecule has 3 unspecified atom stereocenters. The number of ether oxygens (including phenoxy) is 2. The second-order valence-corrected chi connectivity index (χ2v) is 5.46. The van der Waals surface area contributed by atoms with Crippen molar-refractivity contribution in [3.05, 3.63) is 29.8 Å². The van der Waals surface area contributed by atoms with Crippen LogP contribution in [-0.2, 0) is 4.74 Å². The highest BCUT2D eigenvalue weighted by molar-refractivity contribution is 5.28. The fraction of sp³-hybridized carbons (Fsp3) is 0.600. The lowest BCUT2D eigenvalue weighted by Crippen LogP contribution is -2.44. The monoisotopic (exact) mass is 263 g/mol. The molecule has 0 spiro atoms. The summed E-state index contributed by atoms with van der Waals surface area (Å²) >= 11 is 0. The van der Waals surface area contributed by atoms with E-state index < -0.39 is 6.10 Å². The quantitative estimate of drug-likeness (QED) is 0.896. The van der Waals surface area contributed by atoms with Crippen molar-refractivity contribution < 1.29 is 14.6 Å². The van der Waals surface area contributed by atoms with Gasteiger partial charge in [0.1, 0.15) is 5.75 Å². The van der Waals surface area contributed by atoms with Crippen molar-refractivity contribution in [3.63, 3.8) is 0 Å². The average Bonchev–Trinajstić information content (AvgIpc) is 2.78. The Kier molecular flexibility index (Phi) is 3.73. The Balaban J connectivity index is 1.59. The van der Waals surface area contributed by atoms with Gasteiger partial charge in [0.25, 0.3) is 0 Å². The maximum absolute atomic E-state index is 10.3. The summed E-state index contributed by atoms with van der Waals surface area (Å²) in [4.78, 5) is 2.32. The molecule has 3 rings (SSSR count). The van der Waals surface area contributed by atoms with Crippen LogP contribution in [0.15, 0.2) is 24.3 Å². The molecule has 2 aliphatic heterocycles. The predicted octanol–water partition coefficient (Wildman–Crippen LogP) is 1.59. The zero-order chi connectivity index (χ0) is 13.2. The maximum atomic E-state index is 10.3. The highest BCUT2D eigenvalue weighted by atomic mass is 16.5. The topological polar surface area (TPSA) is 41.9 Å². The van der Waals surface area contributed by atoms with Gasteiger partial charge >= 0.3 is 0 Å². The molecule has 0 saturated carbocycles. The van der Waals surface area contributed by atoms with E-state index in [-0.39, 0.29) is 0 Å². The molecule has 0 aliphatic carbocycles. The number of fused-ring (bicyclic) bond motifs is 2. The minimum Gasteiger partial charge on any atom is -0.497 e. The summed E-state index contributed by atoms with van der Waals surface area (Å²) in [7, 11) is 1.65. The van der Waals surface area contributed by atoms with Crippen molar-refractivity contribution in [2.75, 3.05) is 26.7 Å². The molecule has 2 aliphatic rings. The minimum absolute atomic E-state index is 0.377. The first-order chi connectivity index (χ1) is 9.24. The standard InChI is InChI=1S/C15H21NO3/c1-18-12-4-2-11(3-5-12)15(17)10-16-8-13-6-7-14(9-16)19-13/h2-5,13-15,17H,6-10H2,1H3. The van der Waals surface area contributed by atoms with Crippen LogP contribution in [-0.4, -0.2) is 49.0 Å². The summed E-state index contributed by atoms with van der Waals surface area (Å²) in [5.74, 6) is 0.820. The van der Waals surface area contributed by atoms with Crippen LogP contribution in [0.5, 0.6) is 5.75 Å². The Morgan fingerprint density at radius 1 is 1.26 bits per heavy atom. The van der Waals surface area contributed by atoms with Crippen LogP contribution in [0.2, 0.25) is 0 Å². The van der Waals surface area contributed by atoms with E-state index in [4.69, 9.17) is 9.47 Å². The zero-order valence-corrected chi connectivity index (χ0v) is 11.3. The molecule has 2 saturated heterocycles. The van der Waals surface area contributed by atoms with Gasteiger partial charge in [0.2, 0.25) is 0 Å². The predicted molar refractivity (Wildman–Crippen MR) is 72.3 cm³/mol. The van der Waals surface area contributed by atoms with Gasteiger partial charge in [0, 0.05) is 19.6 Å². The van der Waals surface area contributed by atoms with Gasteiger partial charge in [-0.1, -0.05) is 12.1 Å². The van der Waals surface area contributed by atoms with E-state index in [1.807, 2.05) is 24.3 Å². The van der Waals surface area contributed by atoms with Crippen molar-refractivity contribution in [1.29, 1.82) is 0 Å². The van der Waals surface area contributed by atoms with E-state index in [0.29, 0.717) is 18.8 Å². The van der Waals surface area contributed by atoms with Gasteiger partial charge in [-0.2, -0.15) is 0 Å². The Morgan fingerprint density at radius 3 is 2.47 bits per heavy atom. The van der Waals surface area contributed by atoms with E-state index in [9.17, 15) is 5.11 Å². The molecule has 2 bridgehead atoms. The van der Waals surface area contributed by atoms with Crippen LogP contribution in [0.4, 0.5) is 0 Å². The lowest BCUT2D eigenvalue weighted by Gasteiger charge is -2.33. The van der Waals surface area contributed by atoms with Crippen LogP contribution in [0.25, 0.3) is 0 Å². The zero-order valence-electron chi connectivity index (χ0n) is 11.3. The Morgan fingerprint density at radius 2 is 1.89 bits per heavy atom. The van der Waals surface area contributed by atoms with Crippen LogP contribution in [0.1, 0.15) is 24.5 Å². The molecule has 1 aromatic carbocycles. The lowest BCUT2D eigenvalue weighted by molar-refractivity contribution is -0.0497. The average molecular weight is 263 g/mol. The van der Waals surface area contributed by atoms with E-state index >= 15 is 0 Å². The highest BCUT2D eigenvalue weighted by Crippen LogP contribution is 2.27. The van der Waals surface area contributed by atoms with Crippen LogP contribution >= 0.6 is 0 Å². The second kappa shape index (κ2) is 5.49. The molecular formula is C15H21NO3. The van der Waals surface area contributed by atoms with Crippen molar-refractivity contribution >= 4 is 0 Å². The summed E-state index contributed by atoms with van der Waals surface area (Å²) in [6.45, 7) is 2.58. The van der Waals surface area contributed by atoms with Gasteiger partial charge in [-0.05, 0) is 30.5 Å². The van der Waals surface area contributed by atoms with E-state index in [0.717, 1.165) is 24.4 Å². The molecule has 1 N–H and O–H groups in total. The van der Waals surface area contributed by atoms with Crippen LogP contribution in [0, 0.1) is 0 Å². The maximum Gasteiger partial charge on any atom is 0.118 e. The van der Waals surface area contributed by atoms with E-state index in [1.54, 1.807) is 7.11 Å². The van der Waals surface area contributed by atoms with Crippen molar-refractivity contribution in [1.82, 2.24) is 4.90 Å². The molecule has 3 atom stereocenters. The number of aliphatic hydroxyl groups is 1. The van der Waals surface area contributed by atoms with Gasteiger partial charge in [-0.15, -0.1) is 0 Å². The summed E-state index contributed by atoms with van der Waals surface area (Å²) < 4.78 is 10.9. The first-order valence-electron chi connectivity index (χ1n) is 6.94. The third-order valence-electron chi connectivity index (χ3n) is 4.05. The van der Waals surface area contributed by atoms with Crippen molar-refractivity contribution in [3.8, 4) is 5.75 Å². The largest absolute Gasteiger partial charge is 0.497 e. The Labute approximate surface area is 113 Å². The van der Waals surface area contributed by atoms with Gasteiger partial charge in [-0.3, -0.25) is 4.90 Å². The Hall–Kier alpha value is -1.10. The fourth-order valence-corrected chi connectivity index (χ4v) is 3.02. The van der Waals surface area contributed by atoms with Crippen LogP contribution in [0.3, 0.4) is 0 Å². The molecular weight excluding hydrogens is 242 g/mol. The van der Waals surface area contributed by atoms with Crippen molar-refractivity contribution in [2.45, 2.75) is 31.2 Å². The molecule has 2 fully saturated rings. The molecule has 2 heterocycles. The second-order valence-electron chi connectivity index (χ2n) is 5.46. The number of methoxy groups -OCH3 is 1. The molecule has 0 amide bonds. The number of nitrogens with zero attached hydrogens (tertiary/aromatic N) is 1. The normalized spacial score (nSPS) is 28.3. The highest BCUT2D eigenvalue weighted by Gasteiger charge is 2.34. The molecule has 4 nitrogen and oxygen atoms in total. The molecule has 19 heavy (non-hydrogen) atoms. The third kappa shape index (κ3) is 2.91. The summed E-state index contributed by atoms with van der Waals surface area (Å²) in [5.41, 5.74) is 0.944. The number of hydrogen-bond donors (Lipinski definition) is 1. The SMILES string of the molecule is COc1ccc(C(O)CN2CC3CCC(C2)O3)cc1. The first-order valence-corrected chi connectivity index (χ1v) is 6.94. The summed E-state index contributed by atoms with van der Waals surface area (Å²) in [6.07, 6.45) is 2.65. The Bertz CT molecular complexity index is 408. The first kappa shape index (κ1) is 12.9. The molecule has 104 valence electrons. The van der Waals surface area contributed by atoms with Crippen LogP contribution < -0.4 is 4.74 Å². The van der Waals surface area contributed by atoms with Gasteiger partial charge in [-0.25, -0.2) is 0 Å². The molecule has 4 heteroatoms. The number of β-amino-alcohol motifs (C(OH)–C–C–N with tert-alkyl or cyclic N) is 1. The summed E-state index contributed by atoms with van der Waals surface area (Å²) in [5, 5.41) is 10.3. The fourth-order valence-electron chi connectivity index (χ4n) is 3.02. The molecule has 0 aromatic heterocycles. The minimum atomic E-state index is -0.441. The van der Waals surface area contributed by atoms with Crippen molar-refractivity contribution in [2.24, 2.45) is 0 Å². The smallest absolute Gasteiger partial charge is 0.118 e. The number of aliphatic hydroxyl groups excluding tert-OH is 1. The number of hydrogen-bond acceptors (Lipinski definition) is 4. The number of morpholine rings is 1. The lowest BCUT2D eigenvalue weighted by atomic mass is 10.1. The molecule has 1 aromatic rings.